The Morgan fingerprint density at radius 3 is 2.61 bits per heavy atom. The SMILES string of the molecule is CCN(CC(F)(F)F)C1CCC(N)(C(=O)OC)C1. The van der Waals surface area contributed by atoms with E-state index in [0.29, 0.717) is 12.8 Å². The predicted octanol–water partition coefficient (Wildman–Crippen LogP) is 1.29. The number of methoxy groups -OCH3 is 1. The van der Waals surface area contributed by atoms with Gasteiger partial charge in [0, 0.05) is 6.04 Å². The lowest BCUT2D eigenvalue weighted by Gasteiger charge is -2.29. The maximum Gasteiger partial charge on any atom is 0.401 e. The number of hydrogen-bond acceptors (Lipinski definition) is 4. The molecule has 0 spiro atoms. The van der Waals surface area contributed by atoms with E-state index in [1.807, 2.05) is 0 Å². The summed E-state index contributed by atoms with van der Waals surface area (Å²) in [5.41, 5.74) is 4.74. The molecule has 2 N–H and O–H groups in total. The molecule has 0 amide bonds. The second kappa shape index (κ2) is 5.44. The molecule has 2 atom stereocenters. The molecule has 1 rings (SSSR count). The van der Waals surface area contributed by atoms with Gasteiger partial charge in [-0.05, 0) is 25.8 Å². The summed E-state index contributed by atoms with van der Waals surface area (Å²) in [5, 5.41) is 0. The second-order valence-electron chi connectivity index (χ2n) is 4.72. The van der Waals surface area contributed by atoms with Crippen LogP contribution in [0.15, 0.2) is 0 Å². The van der Waals surface area contributed by atoms with Gasteiger partial charge in [-0.15, -0.1) is 0 Å². The highest BCUT2D eigenvalue weighted by molar-refractivity contribution is 5.81. The summed E-state index contributed by atoms with van der Waals surface area (Å²) in [7, 11) is 1.23. The van der Waals surface area contributed by atoms with Gasteiger partial charge < -0.3 is 10.5 Å². The monoisotopic (exact) mass is 268 g/mol. The average Bonchev–Trinajstić information content (AvgIpc) is 2.67. The maximum absolute atomic E-state index is 12.4. The number of ether oxygens (including phenoxy) is 1. The number of halogens is 3. The standard InChI is InChI=1S/C11H19F3N2O2/c1-3-16(7-11(12,13)14)8-4-5-10(15,6-8)9(17)18-2/h8H,3-7,15H2,1-2H3. The number of nitrogens with two attached hydrogens (primary N) is 1. The number of carbonyl (C=O) groups is 1. The summed E-state index contributed by atoms with van der Waals surface area (Å²) in [6.07, 6.45) is -3.18. The second-order valence-corrected chi connectivity index (χ2v) is 4.72. The highest BCUT2D eigenvalue weighted by atomic mass is 19.4. The molecule has 0 bridgehead atoms. The molecule has 0 aliphatic heterocycles. The smallest absolute Gasteiger partial charge is 0.401 e. The van der Waals surface area contributed by atoms with Crippen molar-refractivity contribution in [1.82, 2.24) is 4.90 Å². The third-order valence-electron chi connectivity index (χ3n) is 3.42. The Kier molecular flexibility index (Phi) is 4.61. The number of rotatable bonds is 4. The van der Waals surface area contributed by atoms with Crippen LogP contribution in [0.4, 0.5) is 13.2 Å². The number of alkyl halides is 3. The third kappa shape index (κ3) is 3.58. The molecule has 18 heavy (non-hydrogen) atoms. The molecular weight excluding hydrogens is 249 g/mol. The van der Waals surface area contributed by atoms with Gasteiger partial charge in [0.25, 0.3) is 0 Å². The van der Waals surface area contributed by atoms with Gasteiger partial charge in [-0.1, -0.05) is 6.92 Å². The van der Waals surface area contributed by atoms with Gasteiger partial charge in [0.15, 0.2) is 0 Å². The van der Waals surface area contributed by atoms with Crippen LogP contribution in [0.2, 0.25) is 0 Å². The highest BCUT2D eigenvalue weighted by Gasteiger charge is 2.46. The van der Waals surface area contributed by atoms with E-state index in [9.17, 15) is 18.0 Å². The van der Waals surface area contributed by atoms with Crippen LogP contribution in [0.25, 0.3) is 0 Å². The Bertz CT molecular complexity index is 309. The summed E-state index contributed by atoms with van der Waals surface area (Å²) in [6, 6.07) is -0.319. The molecule has 0 aromatic heterocycles. The van der Waals surface area contributed by atoms with E-state index in [2.05, 4.69) is 4.74 Å². The first-order valence-electron chi connectivity index (χ1n) is 5.90. The molecule has 1 aliphatic rings. The van der Waals surface area contributed by atoms with Gasteiger partial charge in [0.1, 0.15) is 5.54 Å². The fourth-order valence-corrected chi connectivity index (χ4v) is 2.48. The van der Waals surface area contributed by atoms with E-state index in [1.54, 1.807) is 6.92 Å². The van der Waals surface area contributed by atoms with Crippen molar-refractivity contribution in [2.24, 2.45) is 5.73 Å². The number of carbonyl (C=O) groups excluding carboxylic acids is 1. The van der Waals surface area contributed by atoms with E-state index in [1.165, 1.54) is 12.0 Å². The summed E-state index contributed by atoms with van der Waals surface area (Å²) in [4.78, 5) is 12.8. The molecule has 4 nitrogen and oxygen atoms in total. The zero-order valence-corrected chi connectivity index (χ0v) is 10.6. The van der Waals surface area contributed by atoms with Gasteiger partial charge >= 0.3 is 12.1 Å². The molecule has 1 fully saturated rings. The molecule has 0 saturated heterocycles. The predicted molar refractivity (Wildman–Crippen MR) is 59.9 cm³/mol. The third-order valence-corrected chi connectivity index (χ3v) is 3.42. The van der Waals surface area contributed by atoms with Crippen LogP contribution in [0, 0.1) is 0 Å². The van der Waals surface area contributed by atoms with Crippen LogP contribution in [0.1, 0.15) is 26.2 Å². The van der Waals surface area contributed by atoms with Gasteiger partial charge in [0.2, 0.25) is 0 Å². The van der Waals surface area contributed by atoms with Gasteiger partial charge in [-0.3, -0.25) is 9.69 Å². The first kappa shape index (κ1) is 15.2. The van der Waals surface area contributed by atoms with Crippen LogP contribution in [0.3, 0.4) is 0 Å². The van der Waals surface area contributed by atoms with Gasteiger partial charge in [-0.2, -0.15) is 13.2 Å². The van der Waals surface area contributed by atoms with Crippen LogP contribution < -0.4 is 5.73 Å². The van der Waals surface area contributed by atoms with Gasteiger partial charge in [-0.25, -0.2) is 0 Å². The maximum atomic E-state index is 12.4. The van der Waals surface area contributed by atoms with Crippen molar-refractivity contribution >= 4 is 5.97 Å². The lowest BCUT2D eigenvalue weighted by Crippen LogP contribution is -2.49. The van der Waals surface area contributed by atoms with E-state index in [0.717, 1.165) is 0 Å². The Hall–Kier alpha value is -0.820. The number of esters is 1. The van der Waals surface area contributed by atoms with E-state index < -0.39 is 24.2 Å². The number of nitrogens with zero attached hydrogens (tertiary/aromatic N) is 1. The average molecular weight is 268 g/mol. The van der Waals surface area contributed by atoms with Crippen molar-refractivity contribution in [3.8, 4) is 0 Å². The highest BCUT2D eigenvalue weighted by Crippen LogP contribution is 2.33. The molecule has 2 unspecified atom stereocenters. The first-order chi connectivity index (χ1) is 8.22. The van der Waals surface area contributed by atoms with E-state index >= 15 is 0 Å². The minimum Gasteiger partial charge on any atom is -0.468 e. The fraction of sp³-hybridized carbons (Fsp3) is 0.909. The largest absolute Gasteiger partial charge is 0.468 e. The normalized spacial score (nSPS) is 28.7. The lowest BCUT2D eigenvalue weighted by molar-refractivity contribution is -0.151. The van der Waals surface area contributed by atoms with Crippen molar-refractivity contribution in [3.63, 3.8) is 0 Å². The molecule has 0 heterocycles. The summed E-state index contributed by atoms with van der Waals surface area (Å²) in [5.74, 6) is -0.548. The number of hydrogen-bond donors (Lipinski definition) is 1. The van der Waals surface area contributed by atoms with Crippen LogP contribution in [-0.4, -0.2) is 48.8 Å². The summed E-state index contributed by atoms with van der Waals surface area (Å²) >= 11 is 0. The lowest BCUT2D eigenvalue weighted by atomic mass is 9.99. The minimum atomic E-state index is -4.23. The van der Waals surface area contributed by atoms with E-state index in [4.69, 9.17) is 5.73 Å². The zero-order valence-electron chi connectivity index (χ0n) is 10.6. The molecular formula is C11H19F3N2O2. The van der Waals surface area contributed by atoms with Crippen LogP contribution in [0.5, 0.6) is 0 Å². The first-order valence-corrected chi connectivity index (χ1v) is 5.90. The minimum absolute atomic E-state index is 0.212. The van der Waals surface area contributed by atoms with E-state index in [-0.39, 0.29) is 19.0 Å². The molecule has 0 aromatic rings. The zero-order chi connectivity index (χ0) is 14.0. The molecule has 7 heteroatoms. The Morgan fingerprint density at radius 2 is 2.17 bits per heavy atom. The topological polar surface area (TPSA) is 55.6 Å². The Balaban J connectivity index is 2.67. The van der Waals surface area contributed by atoms with Crippen molar-refractivity contribution in [1.29, 1.82) is 0 Å². The molecule has 1 saturated carbocycles. The Morgan fingerprint density at radius 1 is 1.56 bits per heavy atom. The fourth-order valence-electron chi connectivity index (χ4n) is 2.48. The summed E-state index contributed by atoms with van der Waals surface area (Å²) in [6.45, 7) is 0.979. The quantitative estimate of drug-likeness (QED) is 0.781. The Labute approximate surface area is 104 Å². The summed E-state index contributed by atoms with van der Waals surface area (Å²) < 4.78 is 41.8. The van der Waals surface area contributed by atoms with Crippen molar-refractivity contribution in [2.75, 3.05) is 20.2 Å². The van der Waals surface area contributed by atoms with Crippen molar-refractivity contribution in [2.45, 2.75) is 43.9 Å². The molecule has 0 aromatic carbocycles. The van der Waals surface area contributed by atoms with Crippen LogP contribution >= 0.6 is 0 Å². The molecule has 106 valence electrons. The van der Waals surface area contributed by atoms with Crippen molar-refractivity contribution in [3.05, 3.63) is 0 Å². The van der Waals surface area contributed by atoms with Crippen LogP contribution in [-0.2, 0) is 9.53 Å². The van der Waals surface area contributed by atoms with Crippen molar-refractivity contribution < 1.29 is 22.7 Å². The molecule has 1 aliphatic carbocycles. The van der Waals surface area contributed by atoms with Gasteiger partial charge in [0.05, 0.1) is 13.7 Å². The molecule has 0 radical (unpaired) electrons.